The Kier molecular flexibility index (Phi) is 5.43. The predicted molar refractivity (Wildman–Crippen MR) is 133 cm³/mol. The molecule has 0 atom stereocenters. The number of nitrogens with one attached hydrogen (secondary N) is 1. The van der Waals surface area contributed by atoms with Gasteiger partial charge in [-0.2, -0.15) is 0 Å². The lowest BCUT2D eigenvalue weighted by Gasteiger charge is -2.13. The molecule has 0 unspecified atom stereocenters. The minimum Gasteiger partial charge on any atom is -0.472 e. The van der Waals surface area contributed by atoms with Crippen LogP contribution in [-0.4, -0.2) is 19.4 Å². The maximum atomic E-state index is 6.21. The van der Waals surface area contributed by atoms with Crippen LogP contribution in [0.4, 0.5) is 0 Å². The van der Waals surface area contributed by atoms with Crippen LogP contribution in [0.1, 0.15) is 40.1 Å². The van der Waals surface area contributed by atoms with Crippen LogP contribution in [0.3, 0.4) is 0 Å². The Morgan fingerprint density at radius 2 is 1.91 bits per heavy atom. The molecule has 6 rings (SSSR count). The summed E-state index contributed by atoms with van der Waals surface area (Å²) in [7, 11) is 0. The highest BCUT2D eigenvalue weighted by molar-refractivity contribution is 5.82. The van der Waals surface area contributed by atoms with Crippen LogP contribution in [0.2, 0.25) is 0 Å². The summed E-state index contributed by atoms with van der Waals surface area (Å²) in [5.41, 5.74) is 9.11. The highest BCUT2D eigenvalue weighted by Crippen LogP contribution is 2.30. The molecule has 6 nitrogen and oxygen atoms in total. The smallest absolute Gasteiger partial charge is 0.218 e. The number of nitrogens with zero attached hydrogens (tertiary/aromatic N) is 4. The van der Waals surface area contributed by atoms with Gasteiger partial charge in [-0.1, -0.05) is 12.1 Å². The second-order valence-electron chi connectivity index (χ2n) is 9.00. The van der Waals surface area contributed by atoms with Gasteiger partial charge in [-0.05, 0) is 73.7 Å². The molecule has 0 bridgehead atoms. The van der Waals surface area contributed by atoms with E-state index in [1.165, 1.54) is 28.6 Å². The molecule has 34 heavy (non-hydrogen) atoms. The van der Waals surface area contributed by atoms with Crippen LogP contribution in [0.25, 0.3) is 16.6 Å². The second-order valence-corrected chi connectivity index (χ2v) is 9.00. The van der Waals surface area contributed by atoms with Crippen molar-refractivity contribution >= 4 is 16.6 Å². The maximum absolute atomic E-state index is 6.21. The van der Waals surface area contributed by atoms with E-state index >= 15 is 0 Å². The van der Waals surface area contributed by atoms with E-state index in [0.717, 1.165) is 40.8 Å². The van der Waals surface area contributed by atoms with Crippen molar-refractivity contribution in [2.75, 3.05) is 0 Å². The molecule has 0 saturated carbocycles. The van der Waals surface area contributed by atoms with Gasteiger partial charge in [0.1, 0.15) is 12.3 Å². The molecular formula is C28H27N5O. The van der Waals surface area contributed by atoms with Crippen molar-refractivity contribution in [2.45, 2.75) is 45.9 Å². The lowest BCUT2D eigenvalue weighted by molar-refractivity contribution is 0.290. The summed E-state index contributed by atoms with van der Waals surface area (Å²) in [6.07, 6.45) is 9.22. The van der Waals surface area contributed by atoms with Crippen molar-refractivity contribution in [3.05, 3.63) is 101 Å². The van der Waals surface area contributed by atoms with Gasteiger partial charge in [-0.3, -0.25) is 4.98 Å². The molecule has 0 radical (unpaired) electrons. The van der Waals surface area contributed by atoms with E-state index in [1.807, 2.05) is 30.5 Å². The molecule has 0 amide bonds. The summed E-state index contributed by atoms with van der Waals surface area (Å²) in [4.78, 5) is 13.9. The van der Waals surface area contributed by atoms with Gasteiger partial charge in [0, 0.05) is 53.9 Å². The first-order valence-electron chi connectivity index (χ1n) is 11.8. The number of hydrogen-bond donors (Lipinski definition) is 1. The fourth-order valence-electron chi connectivity index (χ4n) is 4.77. The summed E-state index contributed by atoms with van der Waals surface area (Å²) < 4.78 is 8.33. The van der Waals surface area contributed by atoms with Crippen LogP contribution in [0.15, 0.2) is 67.1 Å². The number of hydrogen-bond acceptors (Lipinski definition) is 5. The van der Waals surface area contributed by atoms with E-state index in [0.29, 0.717) is 25.6 Å². The average Bonchev–Trinajstić information content (AvgIpc) is 3.49. The topological polar surface area (TPSA) is 64.3 Å². The van der Waals surface area contributed by atoms with E-state index in [9.17, 15) is 0 Å². The lowest BCUT2D eigenvalue weighted by Crippen LogP contribution is -2.14. The minimum absolute atomic E-state index is 0.440. The number of ether oxygens (including phenoxy) is 1. The van der Waals surface area contributed by atoms with Crippen LogP contribution >= 0.6 is 0 Å². The zero-order valence-electron chi connectivity index (χ0n) is 19.3. The summed E-state index contributed by atoms with van der Waals surface area (Å²) in [5.74, 6) is 0.674. The fraction of sp³-hybridized carbons (Fsp3) is 0.250. The van der Waals surface area contributed by atoms with E-state index < -0.39 is 0 Å². The van der Waals surface area contributed by atoms with Crippen LogP contribution in [-0.2, 0) is 32.5 Å². The molecule has 5 aromatic rings. The van der Waals surface area contributed by atoms with E-state index in [-0.39, 0.29) is 0 Å². The first-order chi connectivity index (χ1) is 16.7. The number of rotatable bonds is 7. The fourth-order valence-corrected chi connectivity index (χ4v) is 4.77. The van der Waals surface area contributed by atoms with Gasteiger partial charge in [-0.15, -0.1) is 0 Å². The molecule has 0 fully saturated rings. The Bertz CT molecular complexity index is 1480. The molecule has 0 spiro atoms. The second kappa shape index (κ2) is 8.88. The van der Waals surface area contributed by atoms with Crippen molar-refractivity contribution < 1.29 is 4.74 Å². The summed E-state index contributed by atoms with van der Waals surface area (Å²) in [6.45, 7) is 3.85. The van der Waals surface area contributed by atoms with Crippen molar-refractivity contribution in [1.82, 2.24) is 24.7 Å². The third-order valence-electron chi connectivity index (χ3n) is 6.53. The first-order valence-corrected chi connectivity index (χ1v) is 11.8. The van der Waals surface area contributed by atoms with Gasteiger partial charge < -0.3 is 14.5 Å². The number of aryl methyl sites for hydroxylation is 3. The third-order valence-corrected chi connectivity index (χ3v) is 6.53. The van der Waals surface area contributed by atoms with Crippen LogP contribution < -0.4 is 10.1 Å². The highest BCUT2D eigenvalue weighted by atomic mass is 16.5. The van der Waals surface area contributed by atoms with Gasteiger partial charge in [-0.25, -0.2) is 9.97 Å². The van der Waals surface area contributed by atoms with Crippen molar-refractivity contribution in [3.63, 3.8) is 0 Å². The molecule has 1 aliphatic rings. The SMILES string of the molecule is Cc1cccc2nc(CNCc3cc4cc5c(cc4nc3OCc3cccnc3)CCC5)cn12. The molecule has 4 heterocycles. The predicted octanol–water partition coefficient (Wildman–Crippen LogP) is 4.94. The molecule has 0 aliphatic heterocycles. The number of imidazole rings is 1. The zero-order valence-corrected chi connectivity index (χ0v) is 19.3. The standard InChI is InChI=1S/C28H27N5O/c1-19-5-2-9-27-31-25(17-33(19)27)16-30-15-24-12-23-11-21-7-3-8-22(21)13-26(23)32-28(24)34-18-20-6-4-10-29-14-20/h2,4-6,9-14,17,30H,3,7-8,15-16,18H2,1H3. The molecule has 4 aromatic heterocycles. The number of aromatic nitrogens is 4. The Labute approximate surface area is 198 Å². The number of pyridine rings is 3. The van der Waals surface area contributed by atoms with Gasteiger partial charge in [0.15, 0.2) is 0 Å². The molecule has 170 valence electrons. The molecule has 0 saturated heterocycles. The van der Waals surface area contributed by atoms with Crippen LogP contribution in [0.5, 0.6) is 5.88 Å². The minimum atomic E-state index is 0.440. The van der Waals surface area contributed by atoms with Crippen molar-refractivity contribution in [2.24, 2.45) is 0 Å². The monoisotopic (exact) mass is 449 g/mol. The Morgan fingerprint density at radius 3 is 2.76 bits per heavy atom. The Morgan fingerprint density at radius 1 is 1.00 bits per heavy atom. The van der Waals surface area contributed by atoms with Crippen molar-refractivity contribution in [3.8, 4) is 5.88 Å². The summed E-state index contributed by atoms with van der Waals surface area (Å²) >= 11 is 0. The largest absolute Gasteiger partial charge is 0.472 e. The van der Waals surface area contributed by atoms with Gasteiger partial charge in [0.2, 0.25) is 5.88 Å². The number of benzene rings is 1. The zero-order chi connectivity index (χ0) is 22.9. The first kappa shape index (κ1) is 20.8. The quantitative estimate of drug-likeness (QED) is 0.381. The number of fused-ring (bicyclic) bond motifs is 3. The molecule has 1 aromatic carbocycles. The lowest BCUT2D eigenvalue weighted by atomic mass is 10.0. The molecule has 1 N–H and O–H groups in total. The normalized spacial score (nSPS) is 13.0. The molecular weight excluding hydrogens is 422 g/mol. The van der Waals surface area contributed by atoms with Crippen molar-refractivity contribution in [1.29, 1.82) is 0 Å². The molecule has 6 heteroatoms. The van der Waals surface area contributed by atoms with Crippen LogP contribution in [0, 0.1) is 6.92 Å². The van der Waals surface area contributed by atoms with Gasteiger partial charge in [0.25, 0.3) is 0 Å². The average molecular weight is 450 g/mol. The van der Waals surface area contributed by atoms with Gasteiger partial charge >= 0.3 is 0 Å². The Balaban J connectivity index is 1.26. The van der Waals surface area contributed by atoms with Gasteiger partial charge in [0.05, 0.1) is 11.2 Å². The Hall–Kier alpha value is -3.77. The van der Waals surface area contributed by atoms with E-state index in [4.69, 9.17) is 14.7 Å². The third kappa shape index (κ3) is 4.13. The highest BCUT2D eigenvalue weighted by Gasteiger charge is 2.15. The summed E-state index contributed by atoms with van der Waals surface area (Å²) in [6, 6.07) is 16.9. The maximum Gasteiger partial charge on any atom is 0.218 e. The molecule has 1 aliphatic carbocycles. The van der Waals surface area contributed by atoms with E-state index in [1.54, 1.807) is 6.20 Å². The van der Waals surface area contributed by atoms with E-state index in [2.05, 4.69) is 52.1 Å². The summed E-state index contributed by atoms with van der Waals surface area (Å²) in [5, 5.41) is 4.72.